The van der Waals surface area contributed by atoms with Gasteiger partial charge in [-0.2, -0.15) is 0 Å². The van der Waals surface area contributed by atoms with Crippen LogP contribution in [0.1, 0.15) is 104 Å². The third-order valence-corrected chi connectivity index (χ3v) is 5.72. The van der Waals surface area contributed by atoms with E-state index < -0.39 is 15.4 Å². The molecule has 24 heavy (non-hydrogen) atoms. The molecule has 0 fully saturated rings. The predicted octanol–water partition coefficient (Wildman–Crippen LogP) is 1.77. The molecule has 0 rings (SSSR count). The number of unbranched alkanes of at least 4 members (excludes halogenated alkanes) is 9. The summed E-state index contributed by atoms with van der Waals surface area (Å²) in [6.07, 6.45) is 13.5. The van der Waals surface area contributed by atoms with Gasteiger partial charge in [0.25, 0.3) is 0 Å². The Morgan fingerprint density at radius 3 is 1.54 bits per heavy atom. The Kier molecular flexibility index (Phi) is 20.7. The van der Waals surface area contributed by atoms with E-state index in [1.54, 1.807) is 0 Å². The van der Waals surface area contributed by atoms with Crippen molar-refractivity contribution in [1.82, 2.24) is 0 Å². The Bertz CT molecular complexity index is 358. The number of aliphatic hydroxyl groups is 1. The van der Waals surface area contributed by atoms with Gasteiger partial charge in [0.1, 0.15) is 0 Å². The molecule has 0 spiro atoms. The summed E-state index contributed by atoms with van der Waals surface area (Å²) in [5.41, 5.74) is 0. The minimum Gasteiger partial charge on any atom is -0.748 e. The van der Waals surface area contributed by atoms with Gasteiger partial charge in [0.2, 0.25) is 0 Å². The minimum atomic E-state index is -4.13. The first-order valence-electron chi connectivity index (χ1n) is 9.50. The van der Waals surface area contributed by atoms with Gasteiger partial charge < -0.3 is 9.66 Å². The molecule has 0 heterocycles. The summed E-state index contributed by atoms with van der Waals surface area (Å²) < 4.78 is 33.8. The third-order valence-electron chi connectivity index (χ3n) is 4.44. The maximum atomic E-state index is 11.3. The van der Waals surface area contributed by atoms with Crippen molar-refractivity contribution in [2.24, 2.45) is 0 Å². The zero-order valence-corrected chi connectivity index (χ0v) is 20.1. The average Bonchev–Trinajstić information content (AvgIpc) is 2.45. The van der Waals surface area contributed by atoms with Crippen LogP contribution in [0.4, 0.5) is 0 Å². The van der Waals surface area contributed by atoms with Crippen LogP contribution in [0.2, 0.25) is 0 Å². The van der Waals surface area contributed by atoms with E-state index in [-0.39, 0.29) is 57.5 Å². The maximum absolute atomic E-state index is 11.3. The Balaban J connectivity index is 0. The van der Waals surface area contributed by atoms with Gasteiger partial charge in [0.15, 0.2) is 0 Å². The van der Waals surface area contributed by atoms with Gasteiger partial charge in [0.05, 0.1) is 16.2 Å². The van der Waals surface area contributed by atoms with E-state index >= 15 is 0 Å². The summed E-state index contributed by atoms with van der Waals surface area (Å²) in [6.45, 7) is 3.91. The van der Waals surface area contributed by atoms with Crippen molar-refractivity contribution in [3.05, 3.63) is 0 Å². The molecule has 0 saturated carbocycles. The molecule has 0 saturated heterocycles. The largest absolute Gasteiger partial charge is 1.00 e. The van der Waals surface area contributed by atoms with E-state index in [0.717, 1.165) is 51.4 Å². The number of rotatable bonds is 16. The van der Waals surface area contributed by atoms with Crippen LogP contribution < -0.4 is 51.4 Å². The average molecular weight is 389 g/mol. The van der Waals surface area contributed by atoms with Gasteiger partial charge in [-0.25, -0.2) is 8.42 Å². The molecule has 0 amide bonds. The number of hydrogen-bond donors (Lipinski definition) is 1. The first-order valence-corrected chi connectivity index (χ1v) is 11.0. The summed E-state index contributed by atoms with van der Waals surface area (Å²) in [5.74, 6) is 0. The van der Waals surface area contributed by atoms with Crippen LogP contribution in [0.5, 0.6) is 0 Å². The third kappa shape index (κ3) is 18.3. The van der Waals surface area contributed by atoms with Gasteiger partial charge in [-0.1, -0.05) is 77.6 Å². The predicted molar refractivity (Wildman–Crippen MR) is 95.5 cm³/mol. The van der Waals surface area contributed by atoms with Gasteiger partial charge in [0, 0.05) is 5.25 Å². The first kappa shape index (κ1) is 27.7. The van der Waals surface area contributed by atoms with E-state index in [4.69, 9.17) is 5.11 Å². The molecule has 140 valence electrons. The fourth-order valence-electron chi connectivity index (χ4n) is 2.93. The van der Waals surface area contributed by atoms with Crippen LogP contribution in [0.15, 0.2) is 0 Å². The summed E-state index contributed by atoms with van der Waals surface area (Å²) in [7, 11) is -4.13. The zero-order chi connectivity index (χ0) is 17.6. The fraction of sp³-hybridized carbons (Fsp3) is 1.00. The van der Waals surface area contributed by atoms with Gasteiger partial charge in [-0.3, -0.25) is 0 Å². The molecule has 4 nitrogen and oxygen atoms in total. The van der Waals surface area contributed by atoms with E-state index in [0.29, 0.717) is 12.8 Å². The summed E-state index contributed by atoms with van der Waals surface area (Å²) >= 11 is 0. The van der Waals surface area contributed by atoms with Gasteiger partial charge >= 0.3 is 51.4 Å². The van der Waals surface area contributed by atoms with Crippen LogP contribution in [0.3, 0.4) is 0 Å². The number of aliphatic hydroxyl groups excluding tert-OH is 1. The normalized spacial score (nSPS) is 14.2. The van der Waals surface area contributed by atoms with Crippen LogP contribution in [-0.4, -0.2) is 29.4 Å². The maximum Gasteiger partial charge on any atom is 1.00 e. The SMILES string of the molecule is CCCCCC(CCCCCCCCCCC(C)O)S(=O)(=O)[O-].[K+]. The quantitative estimate of drug-likeness (QED) is 0.248. The molecule has 0 bridgehead atoms. The van der Waals surface area contributed by atoms with Crippen molar-refractivity contribution in [2.75, 3.05) is 0 Å². The Labute approximate surface area is 192 Å². The molecule has 0 aliphatic carbocycles. The monoisotopic (exact) mass is 388 g/mol. The van der Waals surface area contributed by atoms with E-state index in [1.165, 1.54) is 25.7 Å². The van der Waals surface area contributed by atoms with Crippen molar-refractivity contribution < 1.29 is 69.5 Å². The molecule has 6 heteroatoms. The van der Waals surface area contributed by atoms with Crippen LogP contribution >= 0.6 is 0 Å². The summed E-state index contributed by atoms with van der Waals surface area (Å²) in [6, 6.07) is 0. The molecular weight excluding hydrogens is 351 g/mol. The summed E-state index contributed by atoms with van der Waals surface area (Å²) in [5, 5.41) is 8.49. The zero-order valence-electron chi connectivity index (χ0n) is 16.1. The molecule has 2 atom stereocenters. The molecule has 0 aliphatic heterocycles. The smallest absolute Gasteiger partial charge is 0.748 e. The minimum absolute atomic E-state index is 0. The number of hydrogen-bond acceptors (Lipinski definition) is 4. The second kappa shape index (κ2) is 17.9. The van der Waals surface area contributed by atoms with Crippen molar-refractivity contribution in [1.29, 1.82) is 0 Å². The molecule has 0 aromatic rings. The molecule has 1 N–H and O–H groups in total. The Morgan fingerprint density at radius 2 is 1.17 bits per heavy atom. The van der Waals surface area contributed by atoms with E-state index in [1.807, 2.05) is 6.92 Å². The summed E-state index contributed by atoms with van der Waals surface area (Å²) in [4.78, 5) is 0. The van der Waals surface area contributed by atoms with Gasteiger partial charge in [-0.15, -0.1) is 0 Å². The van der Waals surface area contributed by atoms with Crippen molar-refractivity contribution >= 4 is 10.1 Å². The molecule has 0 radical (unpaired) electrons. The molecule has 0 aromatic heterocycles. The molecular formula is C18H37KO4S. The van der Waals surface area contributed by atoms with Crippen molar-refractivity contribution in [3.8, 4) is 0 Å². The second-order valence-corrected chi connectivity index (χ2v) is 8.52. The van der Waals surface area contributed by atoms with E-state index in [2.05, 4.69) is 6.92 Å². The molecule has 0 aromatic carbocycles. The topological polar surface area (TPSA) is 77.4 Å². The standard InChI is InChI=1S/C18H38O4S.K/c1-3-4-11-15-18(23(20,21)22)16-13-10-8-6-5-7-9-12-14-17(2)19;/h17-19H,3-16H2,1-2H3,(H,20,21,22);/q;+1/p-1. The second-order valence-electron chi connectivity index (χ2n) is 6.87. The van der Waals surface area contributed by atoms with Crippen LogP contribution in [0.25, 0.3) is 0 Å². The Morgan fingerprint density at radius 1 is 0.792 bits per heavy atom. The Hall–Kier alpha value is 1.51. The fourth-order valence-corrected chi connectivity index (χ4v) is 3.84. The van der Waals surface area contributed by atoms with Crippen molar-refractivity contribution in [2.45, 2.75) is 115 Å². The van der Waals surface area contributed by atoms with Crippen LogP contribution in [0, 0.1) is 0 Å². The van der Waals surface area contributed by atoms with E-state index in [9.17, 15) is 13.0 Å². The molecule has 0 aliphatic rings. The first-order chi connectivity index (χ1) is 10.9. The van der Waals surface area contributed by atoms with Crippen LogP contribution in [-0.2, 0) is 10.1 Å². The van der Waals surface area contributed by atoms with Gasteiger partial charge in [-0.05, 0) is 26.2 Å². The molecule has 2 unspecified atom stereocenters. The van der Waals surface area contributed by atoms with Crippen molar-refractivity contribution in [3.63, 3.8) is 0 Å².